The summed E-state index contributed by atoms with van der Waals surface area (Å²) in [5, 5.41) is 6.13. The van der Waals surface area contributed by atoms with Crippen molar-refractivity contribution in [2.45, 2.75) is 20.4 Å². The number of aryl methyl sites for hydroxylation is 2. The summed E-state index contributed by atoms with van der Waals surface area (Å²) >= 11 is 0. The molecule has 124 valence electrons. The largest absolute Gasteiger partial charge is 0.376 e. The molecule has 2 aromatic rings. The van der Waals surface area contributed by atoms with Crippen molar-refractivity contribution in [2.75, 3.05) is 30.9 Å². The van der Waals surface area contributed by atoms with E-state index < -0.39 is 0 Å². The van der Waals surface area contributed by atoms with E-state index in [1.54, 1.807) is 6.20 Å². The van der Waals surface area contributed by atoms with Gasteiger partial charge in [0.15, 0.2) is 0 Å². The van der Waals surface area contributed by atoms with Gasteiger partial charge in [0.1, 0.15) is 0 Å². The standard InChI is InChI=1S/C17H25N5O/c1-12-7-6-8-13(2)16(12)19-11-15(23)18-9-14-10-20-17(21(3)4)22(14)5/h6-8,10,19H,9,11H2,1-5H3,(H,18,23). The van der Waals surface area contributed by atoms with Crippen molar-refractivity contribution in [1.29, 1.82) is 0 Å². The normalized spacial score (nSPS) is 10.5. The lowest BCUT2D eigenvalue weighted by Gasteiger charge is -2.14. The van der Waals surface area contributed by atoms with Crippen molar-refractivity contribution in [3.8, 4) is 0 Å². The Morgan fingerprint density at radius 2 is 1.91 bits per heavy atom. The summed E-state index contributed by atoms with van der Waals surface area (Å²) in [5.74, 6) is 0.822. The Morgan fingerprint density at radius 3 is 2.48 bits per heavy atom. The average Bonchev–Trinajstić information content (AvgIpc) is 2.86. The van der Waals surface area contributed by atoms with Crippen LogP contribution in [0.15, 0.2) is 24.4 Å². The number of nitrogens with zero attached hydrogens (tertiary/aromatic N) is 3. The van der Waals surface area contributed by atoms with Crippen LogP contribution in [0.4, 0.5) is 11.6 Å². The Kier molecular flexibility index (Phi) is 5.26. The smallest absolute Gasteiger partial charge is 0.239 e. The molecule has 0 spiro atoms. The van der Waals surface area contributed by atoms with Crippen molar-refractivity contribution >= 4 is 17.5 Å². The number of carbonyl (C=O) groups is 1. The van der Waals surface area contributed by atoms with Gasteiger partial charge in [0.2, 0.25) is 11.9 Å². The van der Waals surface area contributed by atoms with E-state index in [4.69, 9.17) is 0 Å². The Hall–Kier alpha value is -2.50. The average molecular weight is 315 g/mol. The first-order chi connectivity index (χ1) is 10.9. The van der Waals surface area contributed by atoms with Gasteiger partial charge in [0.05, 0.1) is 25.0 Å². The molecule has 0 saturated carbocycles. The van der Waals surface area contributed by atoms with Crippen LogP contribution in [0.1, 0.15) is 16.8 Å². The molecule has 0 saturated heterocycles. The number of aromatic nitrogens is 2. The summed E-state index contributed by atoms with van der Waals surface area (Å²) in [5.41, 5.74) is 4.27. The summed E-state index contributed by atoms with van der Waals surface area (Å²) in [4.78, 5) is 18.3. The van der Waals surface area contributed by atoms with E-state index in [2.05, 4.69) is 15.6 Å². The zero-order chi connectivity index (χ0) is 17.0. The van der Waals surface area contributed by atoms with Crippen LogP contribution in [-0.2, 0) is 18.4 Å². The highest BCUT2D eigenvalue weighted by atomic mass is 16.1. The van der Waals surface area contributed by atoms with Gasteiger partial charge in [0, 0.05) is 26.8 Å². The van der Waals surface area contributed by atoms with Gasteiger partial charge in [0.25, 0.3) is 0 Å². The third kappa shape index (κ3) is 4.03. The van der Waals surface area contributed by atoms with Crippen LogP contribution in [0.2, 0.25) is 0 Å². The SMILES string of the molecule is Cc1cccc(C)c1NCC(=O)NCc1cnc(N(C)C)n1C. The third-order valence-electron chi connectivity index (χ3n) is 3.83. The number of nitrogens with one attached hydrogen (secondary N) is 2. The number of para-hydroxylation sites is 1. The molecule has 6 heteroatoms. The van der Waals surface area contributed by atoms with E-state index in [9.17, 15) is 4.79 Å². The fourth-order valence-corrected chi connectivity index (χ4v) is 2.53. The maximum atomic E-state index is 12.1. The van der Waals surface area contributed by atoms with Gasteiger partial charge in [-0.25, -0.2) is 4.98 Å². The molecule has 0 bridgehead atoms. The molecule has 0 radical (unpaired) electrons. The molecule has 1 amide bonds. The van der Waals surface area contributed by atoms with Gasteiger partial charge in [-0.15, -0.1) is 0 Å². The molecule has 0 unspecified atom stereocenters. The number of benzene rings is 1. The van der Waals surface area contributed by atoms with Crippen LogP contribution < -0.4 is 15.5 Å². The lowest BCUT2D eigenvalue weighted by Crippen LogP contribution is -2.30. The summed E-state index contributed by atoms with van der Waals surface area (Å²) in [6.07, 6.45) is 1.79. The summed E-state index contributed by atoms with van der Waals surface area (Å²) in [6, 6.07) is 6.08. The summed E-state index contributed by atoms with van der Waals surface area (Å²) in [7, 11) is 5.83. The van der Waals surface area contributed by atoms with Gasteiger partial charge in [-0.1, -0.05) is 18.2 Å². The molecule has 1 aromatic carbocycles. The first-order valence-electron chi connectivity index (χ1n) is 7.65. The van der Waals surface area contributed by atoms with Crippen molar-refractivity contribution in [2.24, 2.45) is 7.05 Å². The van der Waals surface area contributed by atoms with Crippen molar-refractivity contribution in [1.82, 2.24) is 14.9 Å². The highest BCUT2D eigenvalue weighted by Gasteiger charge is 2.10. The van der Waals surface area contributed by atoms with Crippen LogP contribution >= 0.6 is 0 Å². The van der Waals surface area contributed by atoms with Gasteiger partial charge in [-0.05, 0) is 25.0 Å². The Balaban J connectivity index is 1.89. The van der Waals surface area contributed by atoms with Gasteiger partial charge in [-0.2, -0.15) is 0 Å². The number of amides is 1. The summed E-state index contributed by atoms with van der Waals surface area (Å²) in [6.45, 7) is 4.78. The zero-order valence-corrected chi connectivity index (χ0v) is 14.5. The molecule has 0 fully saturated rings. The topological polar surface area (TPSA) is 62.2 Å². The molecule has 0 aliphatic heterocycles. The Bertz CT molecular complexity index is 670. The molecule has 23 heavy (non-hydrogen) atoms. The van der Waals surface area contributed by atoms with Crippen LogP contribution in [-0.4, -0.2) is 36.1 Å². The van der Waals surface area contributed by atoms with E-state index in [0.717, 1.165) is 28.5 Å². The first-order valence-corrected chi connectivity index (χ1v) is 7.65. The quantitative estimate of drug-likeness (QED) is 0.854. The van der Waals surface area contributed by atoms with E-state index in [1.807, 2.05) is 62.7 Å². The monoisotopic (exact) mass is 315 g/mol. The van der Waals surface area contributed by atoms with Crippen LogP contribution in [0.25, 0.3) is 0 Å². The number of anilines is 2. The van der Waals surface area contributed by atoms with Gasteiger partial charge < -0.3 is 20.1 Å². The van der Waals surface area contributed by atoms with Gasteiger partial charge in [-0.3, -0.25) is 4.79 Å². The minimum atomic E-state index is -0.0414. The molecule has 1 heterocycles. The van der Waals surface area contributed by atoms with Crippen LogP contribution in [0.3, 0.4) is 0 Å². The molecule has 2 N–H and O–H groups in total. The Morgan fingerprint density at radius 1 is 1.26 bits per heavy atom. The van der Waals surface area contributed by atoms with E-state index in [0.29, 0.717) is 6.54 Å². The van der Waals surface area contributed by atoms with E-state index in [1.165, 1.54) is 0 Å². The molecule has 6 nitrogen and oxygen atoms in total. The highest BCUT2D eigenvalue weighted by molar-refractivity contribution is 5.81. The lowest BCUT2D eigenvalue weighted by atomic mass is 10.1. The Labute approximate surface area is 137 Å². The lowest BCUT2D eigenvalue weighted by molar-refractivity contribution is -0.119. The number of imidazole rings is 1. The minimum absolute atomic E-state index is 0.0414. The predicted octanol–water partition coefficient (Wildman–Crippen LogP) is 1.83. The second kappa shape index (κ2) is 7.17. The predicted molar refractivity (Wildman–Crippen MR) is 93.8 cm³/mol. The molecule has 0 aliphatic carbocycles. The third-order valence-corrected chi connectivity index (χ3v) is 3.83. The number of rotatable bonds is 6. The first kappa shape index (κ1) is 16.9. The molecule has 1 aromatic heterocycles. The van der Waals surface area contributed by atoms with E-state index >= 15 is 0 Å². The molecule has 2 rings (SSSR count). The maximum Gasteiger partial charge on any atom is 0.239 e. The second-order valence-corrected chi connectivity index (χ2v) is 5.90. The van der Waals surface area contributed by atoms with E-state index in [-0.39, 0.29) is 12.5 Å². The number of hydrogen-bond acceptors (Lipinski definition) is 4. The molecular weight excluding hydrogens is 290 g/mol. The fraction of sp³-hybridized carbons (Fsp3) is 0.412. The minimum Gasteiger partial charge on any atom is -0.376 e. The molecule has 0 aliphatic rings. The fourth-order valence-electron chi connectivity index (χ4n) is 2.53. The number of hydrogen-bond donors (Lipinski definition) is 2. The van der Waals surface area contributed by atoms with Crippen molar-refractivity contribution in [3.05, 3.63) is 41.2 Å². The summed E-state index contributed by atoms with van der Waals surface area (Å²) < 4.78 is 1.97. The maximum absolute atomic E-state index is 12.1. The second-order valence-electron chi connectivity index (χ2n) is 5.90. The van der Waals surface area contributed by atoms with Gasteiger partial charge >= 0.3 is 0 Å². The van der Waals surface area contributed by atoms with Crippen molar-refractivity contribution < 1.29 is 4.79 Å². The molecule has 0 atom stereocenters. The van der Waals surface area contributed by atoms with Crippen LogP contribution in [0, 0.1) is 13.8 Å². The van der Waals surface area contributed by atoms with Crippen molar-refractivity contribution in [3.63, 3.8) is 0 Å². The molecular formula is C17H25N5O. The highest BCUT2D eigenvalue weighted by Crippen LogP contribution is 2.18. The zero-order valence-electron chi connectivity index (χ0n) is 14.5. The number of carbonyl (C=O) groups excluding carboxylic acids is 1. The van der Waals surface area contributed by atoms with Crippen LogP contribution in [0.5, 0.6) is 0 Å².